The number of hydrogen-bond acceptors (Lipinski definition) is 2. The van der Waals surface area contributed by atoms with Gasteiger partial charge in [-0.1, -0.05) is 49.7 Å². The summed E-state index contributed by atoms with van der Waals surface area (Å²) >= 11 is 0. The molecule has 0 amide bonds. The zero-order chi connectivity index (χ0) is 17.2. The first-order valence-electron chi connectivity index (χ1n) is 7.90. The van der Waals surface area contributed by atoms with Gasteiger partial charge in [-0.3, -0.25) is 0 Å². The van der Waals surface area contributed by atoms with Crippen molar-refractivity contribution in [2.24, 2.45) is 0 Å². The molecule has 0 aliphatic heterocycles. The molecule has 2 aromatic rings. The minimum Gasteiger partial charge on any atom is -0.207 e. The fourth-order valence-corrected chi connectivity index (χ4v) is 3.93. The van der Waals surface area contributed by atoms with E-state index in [0.29, 0.717) is 10.8 Å². The van der Waals surface area contributed by atoms with Crippen LogP contribution in [0.3, 0.4) is 0 Å². The van der Waals surface area contributed by atoms with Gasteiger partial charge in [0.1, 0.15) is 0 Å². The Morgan fingerprint density at radius 3 is 2.04 bits per heavy atom. The van der Waals surface area contributed by atoms with Crippen molar-refractivity contribution in [1.82, 2.24) is 4.72 Å². The van der Waals surface area contributed by atoms with Crippen LogP contribution in [-0.2, 0) is 10.0 Å². The molecule has 0 aliphatic rings. The lowest BCUT2D eigenvalue weighted by atomic mass is 10.0. The van der Waals surface area contributed by atoms with Gasteiger partial charge < -0.3 is 0 Å². The van der Waals surface area contributed by atoms with Gasteiger partial charge in [0.05, 0.1) is 4.90 Å². The number of hydrogen-bond donors (Lipinski definition) is 1. The van der Waals surface area contributed by atoms with Crippen LogP contribution in [0.2, 0.25) is 0 Å². The Morgan fingerprint density at radius 2 is 1.52 bits per heavy atom. The van der Waals surface area contributed by atoms with Gasteiger partial charge in [-0.15, -0.1) is 0 Å². The monoisotopic (exact) mass is 331 g/mol. The maximum Gasteiger partial charge on any atom is 0.241 e. The van der Waals surface area contributed by atoms with E-state index in [9.17, 15) is 8.42 Å². The average molecular weight is 331 g/mol. The Balaban J connectivity index is 2.23. The van der Waals surface area contributed by atoms with Gasteiger partial charge in [-0.05, 0) is 55.5 Å². The van der Waals surface area contributed by atoms with Crippen molar-refractivity contribution in [2.75, 3.05) is 0 Å². The van der Waals surface area contributed by atoms with Gasteiger partial charge in [0, 0.05) is 6.04 Å². The van der Waals surface area contributed by atoms with Gasteiger partial charge in [0.2, 0.25) is 10.0 Å². The van der Waals surface area contributed by atoms with Crippen LogP contribution in [0, 0.1) is 13.8 Å². The molecular formula is C19H25NO2S. The maximum absolute atomic E-state index is 12.6. The summed E-state index contributed by atoms with van der Waals surface area (Å²) in [7, 11) is -3.53. The number of aryl methyl sites for hydroxylation is 2. The van der Waals surface area contributed by atoms with Crippen LogP contribution >= 0.6 is 0 Å². The van der Waals surface area contributed by atoms with Crippen molar-refractivity contribution in [3.63, 3.8) is 0 Å². The first-order chi connectivity index (χ1) is 10.7. The van der Waals surface area contributed by atoms with Crippen molar-refractivity contribution in [2.45, 2.75) is 51.5 Å². The number of benzene rings is 2. The highest BCUT2D eigenvalue weighted by Gasteiger charge is 2.19. The van der Waals surface area contributed by atoms with E-state index in [1.165, 1.54) is 5.56 Å². The summed E-state index contributed by atoms with van der Waals surface area (Å²) in [5.74, 6) is 0.383. The minimum absolute atomic E-state index is 0.273. The van der Waals surface area contributed by atoms with Crippen LogP contribution in [-0.4, -0.2) is 8.42 Å². The molecule has 1 N–H and O–H groups in total. The molecule has 0 bridgehead atoms. The summed E-state index contributed by atoms with van der Waals surface area (Å²) in [6.45, 7) is 10.1. The van der Waals surface area contributed by atoms with E-state index in [-0.39, 0.29) is 6.04 Å². The van der Waals surface area contributed by atoms with Crippen LogP contribution in [0.1, 0.15) is 55.0 Å². The van der Waals surface area contributed by atoms with Gasteiger partial charge in [-0.2, -0.15) is 0 Å². The first-order valence-corrected chi connectivity index (χ1v) is 9.38. The number of rotatable bonds is 5. The molecule has 0 aliphatic carbocycles. The lowest BCUT2D eigenvalue weighted by molar-refractivity contribution is 0.566. The normalized spacial score (nSPS) is 13.3. The highest BCUT2D eigenvalue weighted by Crippen LogP contribution is 2.22. The molecule has 0 saturated heterocycles. The summed E-state index contributed by atoms with van der Waals surface area (Å²) in [5.41, 5.74) is 4.39. The highest BCUT2D eigenvalue weighted by atomic mass is 32.2. The van der Waals surface area contributed by atoms with Crippen LogP contribution in [0.5, 0.6) is 0 Å². The second-order valence-corrected chi connectivity index (χ2v) is 8.14. The molecule has 3 nitrogen and oxygen atoms in total. The topological polar surface area (TPSA) is 46.2 Å². The van der Waals surface area contributed by atoms with E-state index < -0.39 is 10.0 Å². The van der Waals surface area contributed by atoms with Crippen molar-refractivity contribution < 1.29 is 8.42 Å². The third-order valence-corrected chi connectivity index (χ3v) is 5.64. The highest BCUT2D eigenvalue weighted by molar-refractivity contribution is 7.89. The first kappa shape index (κ1) is 17.7. The van der Waals surface area contributed by atoms with Crippen LogP contribution in [0.15, 0.2) is 47.4 Å². The Kier molecular flexibility index (Phi) is 5.27. The van der Waals surface area contributed by atoms with Gasteiger partial charge in [-0.25, -0.2) is 13.1 Å². The molecule has 0 saturated carbocycles. The zero-order valence-electron chi connectivity index (χ0n) is 14.4. The molecule has 1 atom stereocenters. The quantitative estimate of drug-likeness (QED) is 0.879. The molecule has 0 radical (unpaired) electrons. The van der Waals surface area contributed by atoms with Crippen LogP contribution < -0.4 is 4.72 Å². The molecule has 2 aromatic carbocycles. The van der Waals surface area contributed by atoms with Crippen molar-refractivity contribution in [3.05, 3.63) is 64.7 Å². The Morgan fingerprint density at radius 1 is 0.913 bits per heavy atom. The predicted molar refractivity (Wildman–Crippen MR) is 95.2 cm³/mol. The third-order valence-electron chi connectivity index (χ3n) is 4.08. The maximum atomic E-state index is 12.6. The van der Waals surface area contributed by atoms with E-state index >= 15 is 0 Å². The molecule has 4 heteroatoms. The summed E-state index contributed by atoms with van der Waals surface area (Å²) in [5, 5.41) is 0. The standard InChI is InChI=1S/C19H25NO2S/c1-13(2)17-7-9-18(10-8-17)23(21,22)20-16(5)19-11-6-14(3)12-15(19)4/h6-13,16,20H,1-5H3. The van der Waals surface area contributed by atoms with Gasteiger partial charge >= 0.3 is 0 Å². The van der Waals surface area contributed by atoms with Crippen molar-refractivity contribution in [3.8, 4) is 0 Å². The molecule has 0 spiro atoms. The Bertz CT molecular complexity index is 778. The smallest absolute Gasteiger partial charge is 0.207 e. The average Bonchev–Trinajstić information content (AvgIpc) is 2.46. The summed E-state index contributed by atoms with van der Waals surface area (Å²) in [6, 6.07) is 12.9. The van der Waals surface area contributed by atoms with Crippen molar-refractivity contribution in [1.29, 1.82) is 0 Å². The minimum atomic E-state index is -3.53. The lowest BCUT2D eigenvalue weighted by Crippen LogP contribution is -2.27. The molecule has 23 heavy (non-hydrogen) atoms. The number of nitrogens with one attached hydrogen (secondary N) is 1. The summed E-state index contributed by atoms with van der Waals surface area (Å²) in [6.07, 6.45) is 0. The zero-order valence-corrected chi connectivity index (χ0v) is 15.2. The molecular weight excluding hydrogens is 306 g/mol. The molecule has 0 fully saturated rings. The molecule has 2 rings (SSSR count). The largest absolute Gasteiger partial charge is 0.241 e. The van der Waals surface area contributed by atoms with Crippen molar-refractivity contribution >= 4 is 10.0 Å². The second-order valence-electron chi connectivity index (χ2n) is 6.43. The third kappa shape index (κ3) is 4.21. The predicted octanol–water partition coefficient (Wildman–Crippen LogP) is 4.47. The SMILES string of the molecule is Cc1ccc(C(C)NS(=O)(=O)c2ccc(C(C)C)cc2)c(C)c1. The number of sulfonamides is 1. The van der Waals surface area contributed by atoms with E-state index in [4.69, 9.17) is 0 Å². The van der Waals surface area contributed by atoms with Gasteiger partial charge in [0.15, 0.2) is 0 Å². The summed E-state index contributed by atoms with van der Waals surface area (Å²) < 4.78 is 27.9. The van der Waals surface area contributed by atoms with E-state index in [0.717, 1.165) is 16.7 Å². The lowest BCUT2D eigenvalue weighted by Gasteiger charge is -2.17. The molecule has 0 heterocycles. The fraction of sp³-hybridized carbons (Fsp3) is 0.368. The Labute approximate surface area is 139 Å². The van der Waals surface area contributed by atoms with E-state index in [1.807, 2.05) is 45.0 Å². The van der Waals surface area contributed by atoms with Crippen LogP contribution in [0.25, 0.3) is 0 Å². The molecule has 0 aromatic heterocycles. The van der Waals surface area contributed by atoms with E-state index in [2.05, 4.69) is 24.6 Å². The Hall–Kier alpha value is -1.65. The molecule has 1 unspecified atom stereocenters. The summed E-state index contributed by atoms with van der Waals surface area (Å²) in [4.78, 5) is 0.304. The molecule has 124 valence electrons. The second kappa shape index (κ2) is 6.85. The van der Waals surface area contributed by atoms with Crippen LogP contribution in [0.4, 0.5) is 0 Å². The van der Waals surface area contributed by atoms with Gasteiger partial charge in [0.25, 0.3) is 0 Å². The fourth-order valence-electron chi connectivity index (χ4n) is 2.71. The van der Waals surface area contributed by atoms with E-state index in [1.54, 1.807) is 12.1 Å².